The first-order valence-electron chi connectivity index (χ1n) is 8.52. The van der Waals surface area contributed by atoms with E-state index in [0.29, 0.717) is 6.54 Å². The van der Waals surface area contributed by atoms with E-state index in [9.17, 15) is 9.90 Å². The van der Waals surface area contributed by atoms with Crippen LogP contribution in [0.2, 0.25) is 0 Å². The highest BCUT2D eigenvalue weighted by Gasteiger charge is 2.42. The van der Waals surface area contributed by atoms with E-state index in [4.69, 9.17) is 4.74 Å². The molecule has 0 aliphatic heterocycles. The Hall–Kier alpha value is -1.55. The number of carbonyl (C=O) groups excluding carboxylic acids is 1. The van der Waals surface area contributed by atoms with Crippen LogP contribution in [0, 0.1) is 0 Å². The summed E-state index contributed by atoms with van der Waals surface area (Å²) in [5, 5.41) is 10.1. The molecular formula is C19H29NO3. The van der Waals surface area contributed by atoms with Gasteiger partial charge in [0, 0.05) is 6.54 Å². The summed E-state index contributed by atoms with van der Waals surface area (Å²) in [7, 11) is 0. The maximum Gasteiger partial charge on any atom is 0.411 e. The van der Waals surface area contributed by atoms with Crippen molar-refractivity contribution in [1.82, 2.24) is 4.90 Å². The van der Waals surface area contributed by atoms with Gasteiger partial charge in [-0.25, -0.2) is 4.79 Å². The van der Waals surface area contributed by atoms with Crippen molar-refractivity contribution < 1.29 is 14.6 Å². The Morgan fingerprint density at radius 2 is 1.78 bits per heavy atom. The molecular weight excluding hydrogens is 290 g/mol. The SMILES string of the molecule is CC(C)(C)OC(=O)N(Cc1ccccc1)C1(CO)CCCCC1. The van der Waals surface area contributed by atoms with Gasteiger partial charge in [0.15, 0.2) is 0 Å². The number of aliphatic hydroxyl groups excluding tert-OH is 1. The first kappa shape index (κ1) is 17.8. The van der Waals surface area contributed by atoms with E-state index < -0.39 is 11.1 Å². The maximum absolute atomic E-state index is 12.8. The highest BCUT2D eigenvalue weighted by Crippen LogP contribution is 2.35. The van der Waals surface area contributed by atoms with E-state index in [0.717, 1.165) is 37.7 Å². The number of ether oxygens (including phenoxy) is 1. The second kappa shape index (κ2) is 7.35. The number of benzene rings is 1. The van der Waals surface area contributed by atoms with Gasteiger partial charge < -0.3 is 9.84 Å². The quantitative estimate of drug-likeness (QED) is 0.908. The molecule has 4 nitrogen and oxygen atoms in total. The largest absolute Gasteiger partial charge is 0.444 e. The number of nitrogens with zero attached hydrogens (tertiary/aromatic N) is 1. The van der Waals surface area contributed by atoms with Crippen molar-refractivity contribution in [3.05, 3.63) is 35.9 Å². The molecule has 0 aromatic heterocycles. The van der Waals surface area contributed by atoms with Crippen molar-refractivity contribution in [1.29, 1.82) is 0 Å². The molecule has 1 amide bonds. The van der Waals surface area contributed by atoms with Crippen molar-refractivity contribution in [3.63, 3.8) is 0 Å². The van der Waals surface area contributed by atoms with Crippen LogP contribution in [-0.4, -0.2) is 33.8 Å². The first-order chi connectivity index (χ1) is 10.9. The summed E-state index contributed by atoms with van der Waals surface area (Å²) in [5.41, 5.74) is 0.00469. The standard InChI is InChI=1S/C19H29NO3/c1-18(2,3)23-17(22)20(14-16-10-6-4-7-11-16)19(15-21)12-8-5-9-13-19/h4,6-7,10-11,21H,5,8-9,12-15H2,1-3H3. The normalized spacial score (nSPS) is 17.6. The lowest BCUT2D eigenvalue weighted by molar-refractivity contribution is -0.0355. The summed E-state index contributed by atoms with van der Waals surface area (Å²) in [5.74, 6) is 0. The molecule has 1 aromatic carbocycles. The van der Waals surface area contributed by atoms with E-state index in [1.807, 2.05) is 51.1 Å². The van der Waals surface area contributed by atoms with E-state index in [2.05, 4.69) is 0 Å². The van der Waals surface area contributed by atoms with Crippen LogP contribution in [0.25, 0.3) is 0 Å². The van der Waals surface area contributed by atoms with Crippen molar-refractivity contribution in [2.75, 3.05) is 6.61 Å². The molecule has 1 aliphatic carbocycles. The molecule has 0 radical (unpaired) electrons. The Balaban J connectivity index is 2.27. The Kier molecular flexibility index (Phi) is 5.69. The summed E-state index contributed by atoms with van der Waals surface area (Å²) in [4.78, 5) is 14.6. The van der Waals surface area contributed by atoms with Gasteiger partial charge in [-0.3, -0.25) is 4.90 Å². The Morgan fingerprint density at radius 1 is 1.17 bits per heavy atom. The molecule has 2 rings (SSSR count). The Labute approximate surface area is 139 Å². The van der Waals surface area contributed by atoms with Crippen LogP contribution in [0.15, 0.2) is 30.3 Å². The lowest BCUT2D eigenvalue weighted by atomic mass is 9.80. The summed E-state index contributed by atoms with van der Waals surface area (Å²) in [6, 6.07) is 9.91. The van der Waals surface area contributed by atoms with E-state index in [-0.39, 0.29) is 12.7 Å². The van der Waals surface area contributed by atoms with Crippen LogP contribution in [0.3, 0.4) is 0 Å². The van der Waals surface area contributed by atoms with E-state index in [1.54, 1.807) is 4.90 Å². The van der Waals surface area contributed by atoms with Gasteiger partial charge in [0.25, 0.3) is 0 Å². The van der Waals surface area contributed by atoms with Gasteiger partial charge in [-0.1, -0.05) is 49.6 Å². The molecule has 0 saturated heterocycles. The molecule has 0 bridgehead atoms. The molecule has 1 N–H and O–H groups in total. The minimum absolute atomic E-state index is 0.0148. The Morgan fingerprint density at radius 3 is 2.30 bits per heavy atom. The highest BCUT2D eigenvalue weighted by molar-refractivity contribution is 5.69. The van der Waals surface area contributed by atoms with Gasteiger partial charge in [0.2, 0.25) is 0 Å². The predicted octanol–water partition coefficient (Wildman–Crippen LogP) is 4.12. The summed E-state index contributed by atoms with van der Waals surface area (Å²) < 4.78 is 5.63. The molecule has 1 aromatic rings. The smallest absolute Gasteiger partial charge is 0.411 e. The van der Waals surface area contributed by atoms with Gasteiger partial charge in [-0.15, -0.1) is 0 Å². The third-order valence-electron chi connectivity index (χ3n) is 4.45. The number of amides is 1. The summed E-state index contributed by atoms with van der Waals surface area (Å²) in [6.07, 6.45) is 4.56. The van der Waals surface area contributed by atoms with Crippen molar-refractivity contribution >= 4 is 6.09 Å². The second-order valence-electron chi connectivity index (χ2n) is 7.50. The molecule has 0 atom stereocenters. The van der Waals surface area contributed by atoms with Crippen LogP contribution in [0.4, 0.5) is 4.79 Å². The minimum atomic E-state index is -0.544. The lowest BCUT2D eigenvalue weighted by Gasteiger charge is -2.45. The lowest BCUT2D eigenvalue weighted by Crippen LogP contribution is -2.56. The van der Waals surface area contributed by atoms with Crippen LogP contribution in [0.5, 0.6) is 0 Å². The highest BCUT2D eigenvalue weighted by atomic mass is 16.6. The topological polar surface area (TPSA) is 49.8 Å². The fourth-order valence-corrected chi connectivity index (χ4v) is 3.23. The van der Waals surface area contributed by atoms with Crippen LogP contribution in [0.1, 0.15) is 58.4 Å². The monoisotopic (exact) mass is 319 g/mol. The van der Waals surface area contributed by atoms with E-state index >= 15 is 0 Å². The third kappa shape index (κ3) is 4.71. The van der Waals surface area contributed by atoms with Crippen LogP contribution < -0.4 is 0 Å². The number of hydrogen-bond donors (Lipinski definition) is 1. The summed E-state index contributed by atoms with van der Waals surface area (Å²) in [6.45, 7) is 6.07. The molecule has 1 fully saturated rings. The number of aliphatic hydroxyl groups is 1. The van der Waals surface area contributed by atoms with Crippen molar-refractivity contribution in [2.45, 2.75) is 70.6 Å². The zero-order valence-corrected chi connectivity index (χ0v) is 14.5. The fourth-order valence-electron chi connectivity index (χ4n) is 3.23. The number of carbonyl (C=O) groups is 1. The molecule has 0 spiro atoms. The zero-order valence-electron chi connectivity index (χ0n) is 14.5. The molecule has 1 saturated carbocycles. The molecule has 23 heavy (non-hydrogen) atoms. The Bertz CT molecular complexity index is 501. The van der Waals surface area contributed by atoms with Gasteiger partial charge in [-0.2, -0.15) is 0 Å². The average Bonchev–Trinajstić information content (AvgIpc) is 2.52. The number of rotatable bonds is 4. The minimum Gasteiger partial charge on any atom is -0.444 e. The third-order valence-corrected chi connectivity index (χ3v) is 4.45. The predicted molar refractivity (Wildman–Crippen MR) is 91.1 cm³/mol. The zero-order chi connectivity index (χ0) is 16.9. The van der Waals surface area contributed by atoms with Crippen LogP contribution in [-0.2, 0) is 11.3 Å². The maximum atomic E-state index is 12.8. The van der Waals surface area contributed by atoms with E-state index in [1.165, 1.54) is 0 Å². The van der Waals surface area contributed by atoms with Gasteiger partial charge in [0.05, 0.1) is 12.1 Å². The summed E-state index contributed by atoms with van der Waals surface area (Å²) >= 11 is 0. The molecule has 0 unspecified atom stereocenters. The van der Waals surface area contributed by atoms with Crippen LogP contribution >= 0.6 is 0 Å². The molecule has 1 aliphatic rings. The molecule has 128 valence electrons. The molecule has 4 heteroatoms. The fraction of sp³-hybridized carbons (Fsp3) is 0.632. The first-order valence-corrected chi connectivity index (χ1v) is 8.52. The van der Waals surface area contributed by atoms with Crippen molar-refractivity contribution in [2.24, 2.45) is 0 Å². The van der Waals surface area contributed by atoms with Gasteiger partial charge >= 0.3 is 6.09 Å². The van der Waals surface area contributed by atoms with Gasteiger partial charge in [0.1, 0.15) is 5.60 Å². The second-order valence-corrected chi connectivity index (χ2v) is 7.50. The van der Waals surface area contributed by atoms with Crippen molar-refractivity contribution in [3.8, 4) is 0 Å². The molecule has 0 heterocycles. The number of hydrogen-bond acceptors (Lipinski definition) is 3. The average molecular weight is 319 g/mol. The van der Waals surface area contributed by atoms with Gasteiger partial charge in [-0.05, 0) is 39.2 Å².